The van der Waals surface area contributed by atoms with Gasteiger partial charge in [-0.2, -0.15) is 0 Å². The number of para-hydroxylation sites is 1. The van der Waals surface area contributed by atoms with Gasteiger partial charge in [0.05, 0.1) is 5.52 Å². The molecule has 0 aliphatic carbocycles. The van der Waals surface area contributed by atoms with Gasteiger partial charge in [0.25, 0.3) is 5.91 Å². The predicted molar refractivity (Wildman–Crippen MR) is 118 cm³/mol. The number of rotatable bonds is 3. The van der Waals surface area contributed by atoms with Gasteiger partial charge in [-0.1, -0.05) is 24.3 Å². The van der Waals surface area contributed by atoms with Crippen molar-refractivity contribution in [3.05, 3.63) is 82.5 Å². The molecule has 0 atom stereocenters. The predicted octanol–water partition coefficient (Wildman–Crippen LogP) is 2.09. The van der Waals surface area contributed by atoms with E-state index in [1.54, 1.807) is 42.5 Å². The summed E-state index contributed by atoms with van der Waals surface area (Å²) < 4.78 is 0. The molecule has 0 saturated heterocycles. The maximum Gasteiger partial charge on any atom is 0.488 e. The van der Waals surface area contributed by atoms with E-state index in [1.165, 1.54) is 6.07 Å². The number of benzene rings is 3. The summed E-state index contributed by atoms with van der Waals surface area (Å²) in [6.45, 7) is 0. The van der Waals surface area contributed by atoms with Crippen molar-refractivity contribution < 1.29 is 14.8 Å². The third kappa shape index (κ3) is 2.95. The third-order valence-corrected chi connectivity index (χ3v) is 5.16. The molecule has 30 heavy (non-hydrogen) atoms. The van der Waals surface area contributed by atoms with E-state index in [4.69, 9.17) is 0 Å². The molecule has 8 heteroatoms. The first-order valence-electron chi connectivity index (χ1n) is 9.35. The quantitative estimate of drug-likeness (QED) is 0.300. The Kier molecular flexibility index (Phi) is 4.16. The number of carbonyl (C=O) groups excluding carboxylic acids is 1. The number of aromatic amines is 2. The van der Waals surface area contributed by atoms with Crippen LogP contribution in [0.2, 0.25) is 0 Å². The van der Waals surface area contributed by atoms with Crippen molar-refractivity contribution in [3.63, 3.8) is 0 Å². The summed E-state index contributed by atoms with van der Waals surface area (Å²) >= 11 is 0. The second-order valence-electron chi connectivity index (χ2n) is 7.09. The SMILES string of the molecule is O=C(Nc1cccc(B(O)O)c1)c1ccc2[nH]c3c(=O)c4ccccc4[nH]c3c2c1. The van der Waals surface area contributed by atoms with E-state index >= 15 is 0 Å². The number of anilines is 1. The molecule has 3 aromatic carbocycles. The molecular weight excluding hydrogens is 381 g/mol. The molecule has 5 rings (SSSR count). The summed E-state index contributed by atoms with van der Waals surface area (Å²) in [5, 5.41) is 22.7. The van der Waals surface area contributed by atoms with Crippen molar-refractivity contribution in [2.45, 2.75) is 0 Å². The van der Waals surface area contributed by atoms with Gasteiger partial charge in [-0.3, -0.25) is 9.59 Å². The van der Waals surface area contributed by atoms with Gasteiger partial charge in [-0.05, 0) is 47.9 Å². The van der Waals surface area contributed by atoms with Crippen LogP contribution in [0.1, 0.15) is 10.4 Å². The van der Waals surface area contributed by atoms with Crippen LogP contribution in [0, 0.1) is 0 Å². The van der Waals surface area contributed by atoms with E-state index in [9.17, 15) is 19.6 Å². The van der Waals surface area contributed by atoms with Crippen LogP contribution in [-0.2, 0) is 0 Å². The zero-order valence-electron chi connectivity index (χ0n) is 15.6. The van der Waals surface area contributed by atoms with Gasteiger partial charge in [-0.15, -0.1) is 0 Å². The van der Waals surface area contributed by atoms with Gasteiger partial charge in [0.15, 0.2) is 0 Å². The van der Waals surface area contributed by atoms with Crippen LogP contribution in [0.3, 0.4) is 0 Å². The summed E-state index contributed by atoms with van der Waals surface area (Å²) in [5.41, 5.74) is 3.63. The van der Waals surface area contributed by atoms with E-state index in [2.05, 4.69) is 15.3 Å². The topological polar surface area (TPSA) is 118 Å². The van der Waals surface area contributed by atoms with Gasteiger partial charge >= 0.3 is 7.12 Å². The fourth-order valence-electron chi connectivity index (χ4n) is 3.67. The van der Waals surface area contributed by atoms with Gasteiger partial charge in [0, 0.05) is 33.1 Å². The first-order valence-corrected chi connectivity index (χ1v) is 9.35. The molecule has 146 valence electrons. The highest BCUT2D eigenvalue weighted by Gasteiger charge is 2.15. The molecule has 0 radical (unpaired) electrons. The molecule has 5 aromatic rings. The molecule has 2 aromatic heterocycles. The first-order chi connectivity index (χ1) is 14.5. The molecule has 1 amide bonds. The summed E-state index contributed by atoms with van der Waals surface area (Å²) in [4.78, 5) is 32.0. The highest BCUT2D eigenvalue weighted by atomic mass is 16.4. The lowest BCUT2D eigenvalue weighted by molar-refractivity contribution is 0.102. The monoisotopic (exact) mass is 397 g/mol. The largest absolute Gasteiger partial charge is 0.488 e. The van der Waals surface area contributed by atoms with E-state index in [0.29, 0.717) is 27.7 Å². The summed E-state index contributed by atoms with van der Waals surface area (Å²) in [6, 6.07) is 18.8. The van der Waals surface area contributed by atoms with Crippen molar-refractivity contribution in [2.75, 3.05) is 5.32 Å². The molecule has 0 fully saturated rings. The second-order valence-corrected chi connectivity index (χ2v) is 7.09. The van der Waals surface area contributed by atoms with Crippen LogP contribution in [0.15, 0.2) is 71.5 Å². The summed E-state index contributed by atoms with van der Waals surface area (Å²) in [7, 11) is -1.61. The molecule has 0 saturated carbocycles. The van der Waals surface area contributed by atoms with Gasteiger partial charge in [-0.25, -0.2) is 0 Å². The van der Waals surface area contributed by atoms with Crippen LogP contribution < -0.4 is 16.2 Å². The van der Waals surface area contributed by atoms with Crippen LogP contribution in [-0.4, -0.2) is 33.0 Å². The number of carbonyl (C=O) groups is 1. The molecule has 0 unspecified atom stereocenters. The van der Waals surface area contributed by atoms with E-state index in [-0.39, 0.29) is 16.8 Å². The zero-order chi connectivity index (χ0) is 20.8. The molecule has 5 N–H and O–H groups in total. The third-order valence-electron chi connectivity index (χ3n) is 5.16. The molecule has 2 heterocycles. The van der Waals surface area contributed by atoms with Crippen molar-refractivity contribution >= 4 is 57.0 Å². The van der Waals surface area contributed by atoms with Crippen LogP contribution in [0.5, 0.6) is 0 Å². The van der Waals surface area contributed by atoms with Crippen molar-refractivity contribution in [1.82, 2.24) is 9.97 Å². The molecule has 0 aliphatic rings. The van der Waals surface area contributed by atoms with E-state index in [1.807, 2.05) is 18.2 Å². The maximum absolute atomic E-state index is 12.8. The Balaban J connectivity index is 1.59. The Morgan fingerprint density at radius 1 is 0.833 bits per heavy atom. The van der Waals surface area contributed by atoms with Crippen molar-refractivity contribution in [2.24, 2.45) is 0 Å². The number of fused-ring (bicyclic) bond motifs is 4. The minimum absolute atomic E-state index is 0.0964. The highest BCUT2D eigenvalue weighted by Crippen LogP contribution is 2.25. The Labute approximate surface area is 170 Å². The molecule has 7 nitrogen and oxygen atoms in total. The summed E-state index contributed by atoms with van der Waals surface area (Å²) in [5.74, 6) is -0.348. The first kappa shape index (κ1) is 18.2. The van der Waals surface area contributed by atoms with Crippen molar-refractivity contribution in [1.29, 1.82) is 0 Å². The Morgan fingerprint density at radius 2 is 1.60 bits per heavy atom. The molecule has 0 spiro atoms. The van der Waals surface area contributed by atoms with Crippen molar-refractivity contribution in [3.8, 4) is 0 Å². The average Bonchev–Trinajstić information content (AvgIpc) is 3.12. The van der Waals surface area contributed by atoms with Crippen LogP contribution >= 0.6 is 0 Å². The summed E-state index contributed by atoms with van der Waals surface area (Å²) in [6.07, 6.45) is 0. The molecule has 0 aliphatic heterocycles. The van der Waals surface area contributed by atoms with Crippen LogP contribution in [0.25, 0.3) is 32.8 Å². The Bertz CT molecular complexity index is 1500. The minimum Gasteiger partial charge on any atom is -0.423 e. The number of nitrogens with one attached hydrogen (secondary N) is 3. The standard InChI is InChI=1S/C22H16BN3O4/c27-21-15-6-1-2-7-17(15)25-19-16-10-12(8-9-18(16)26-20(19)21)22(28)24-14-5-3-4-13(11-14)23(29)30/h1-11,26,29-30H,(H,24,28)(H,25,27). The Morgan fingerprint density at radius 3 is 2.43 bits per heavy atom. The van der Waals surface area contributed by atoms with Gasteiger partial charge in [0.1, 0.15) is 5.52 Å². The second kappa shape index (κ2) is 6.87. The number of aromatic nitrogens is 2. The minimum atomic E-state index is -1.61. The van der Waals surface area contributed by atoms with Gasteiger partial charge in [0.2, 0.25) is 5.43 Å². The number of H-pyrrole nitrogens is 2. The fourth-order valence-corrected chi connectivity index (χ4v) is 3.67. The average molecular weight is 397 g/mol. The fraction of sp³-hybridized carbons (Fsp3) is 0. The molecular formula is C22H16BN3O4. The van der Waals surface area contributed by atoms with E-state index < -0.39 is 7.12 Å². The number of hydrogen-bond acceptors (Lipinski definition) is 4. The highest BCUT2D eigenvalue weighted by molar-refractivity contribution is 6.58. The maximum atomic E-state index is 12.8. The zero-order valence-corrected chi connectivity index (χ0v) is 15.6. The lowest BCUT2D eigenvalue weighted by Crippen LogP contribution is -2.30. The smallest absolute Gasteiger partial charge is 0.423 e. The normalized spacial score (nSPS) is 11.3. The van der Waals surface area contributed by atoms with E-state index in [0.717, 1.165) is 16.4 Å². The number of amides is 1. The number of hydrogen-bond donors (Lipinski definition) is 5. The molecule has 0 bridgehead atoms. The lowest BCUT2D eigenvalue weighted by atomic mass is 9.80. The number of pyridine rings is 1. The Hall–Kier alpha value is -3.88. The van der Waals surface area contributed by atoms with Gasteiger partial charge < -0.3 is 25.3 Å². The van der Waals surface area contributed by atoms with Crippen LogP contribution in [0.4, 0.5) is 5.69 Å². The lowest BCUT2D eigenvalue weighted by Gasteiger charge is -2.07.